The van der Waals surface area contributed by atoms with Crippen molar-refractivity contribution in [3.63, 3.8) is 0 Å². The van der Waals surface area contributed by atoms with E-state index in [4.69, 9.17) is 10.5 Å². The zero-order chi connectivity index (χ0) is 16.4. The van der Waals surface area contributed by atoms with Crippen molar-refractivity contribution in [2.75, 3.05) is 26.7 Å². The van der Waals surface area contributed by atoms with Crippen LogP contribution >= 0.6 is 0 Å². The Kier molecular flexibility index (Phi) is 4.26. The summed E-state index contributed by atoms with van der Waals surface area (Å²) in [5.41, 5.74) is 7.25. The van der Waals surface area contributed by atoms with Crippen LogP contribution in [0, 0.1) is 0 Å². The number of fused-ring (bicyclic) bond motifs is 1. The molecule has 124 valence electrons. The highest BCUT2D eigenvalue weighted by Gasteiger charge is 2.42. The van der Waals surface area contributed by atoms with Gasteiger partial charge in [-0.3, -0.25) is 9.59 Å². The molecule has 1 fully saturated rings. The number of amides is 2. The van der Waals surface area contributed by atoms with Gasteiger partial charge in [-0.15, -0.1) is 0 Å². The van der Waals surface area contributed by atoms with E-state index in [1.807, 2.05) is 18.2 Å². The highest BCUT2D eigenvalue weighted by atomic mass is 16.5. The van der Waals surface area contributed by atoms with E-state index in [0.717, 1.165) is 36.3 Å². The van der Waals surface area contributed by atoms with Crippen LogP contribution in [-0.4, -0.2) is 43.5 Å². The third-order valence-corrected chi connectivity index (χ3v) is 4.85. The topological polar surface area (TPSA) is 84.7 Å². The summed E-state index contributed by atoms with van der Waals surface area (Å²) < 4.78 is 5.36. The molecule has 3 rings (SSSR count). The molecule has 0 aromatic heterocycles. The summed E-state index contributed by atoms with van der Waals surface area (Å²) in [4.78, 5) is 26.0. The average molecular weight is 317 g/mol. The van der Waals surface area contributed by atoms with Gasteiger partial charge in [-0.05, 0) is 36.5 Å². The van der Waals surface area contributed by atoms with E-state index >= 15 is 0 Å². The molecule has 0 saturated carbocycles. The molecule has 3 N–H and O–H groups in total. The molecule has 6 nitrogen and oxygen atoms in total. The summed E-state index contributed by atoms with van der Waals surface area (Å²) in [5, 5.41) is 2.89. The quantitative estimate of drug-likeness (QED) is 0.830. The van der Waals surface area contributed by atoms with Gasteiger partial charge in [0.2, 0.25) is 11.8 Å². The zero-order valence-corrected chi connectivity index (χ0v) is 13.4. The minimum absolute atomic E-state index is 0.164. The fourth-order valence-corrected chi connectivity index (χ4v) is 3.53. The standard InChI is InChI=1S/C17H23N3O3/c1-23-14-5-2-4-13-12(14)7-8-17(13,18)16(22)19-9-11-20-10-3-6-15(20)21/h2,4-5H,3,6-11,18H2,1H3,(H,19,22). The lowest BCUT2D eigenvalue weighted by Crippen LogP contribution is -2.51. The number of hydrogen-bond donors (Lipinski definition) is 2. The molecular formula is C17H23N3O3. The van der Waals surface area contributed by atoms with Crippen LogP contribution in [0.3, 0.4) is 0 Å². The van der Waals surface area contributed by atoms with Crippen LogP contribution in [0.4, 0.5) is 0 Å². The Morgan fingerprint density at radius 2 is 2.26 bits per heavy atom. The van der Waals surface area contributed by atoms with E-state index in [2.05, 4.69) is 5.32 Å². The molecule has 1 unspecified atom stereocenters. The minimum atomic E-state index is -1.01. The SMILES string of the molecule is COc1cccc2c1CCC2(N)C(=O)NCCN1CCCC1=O. The van der Waals surface area contributed by atoms with Crippen LogP contribution in [0.15, 0.2) is 18.2 Å². The van der Waals surface area contributed by atoms with Gasteiger partial charge in [0.25, 0.3) is 0 Å². The third kappa shape index (κ3) is 2.79. The maximum atomic E-state index is 12.6. The van der Waals surface area contributed by atoms with Crippen LogP contribution in [0.5, 0.6) is 5.75 Å². The second-order valence-electron chi connectivity index (χ2n) is 6.20. The summed E-state index contributed by atoms with van der Waals surface area (Å²) >= 11 is 0. The molecule has 23 heavy (non-hydrogen) atoms. The molecule has 0 bridgehead atoms. The van der Waals surface area contributed by atoms with Gasteiger partial charge in [-0.2, -0.15) is 0 Å². The first-order chi connectivity index (χ1) is 11.1. The number of nitrogens with zero attached hydrogens (tertiary/aromatic N) is 1. The lowest BCUT2D eigenvalue weighted by Gasteiger charge is -2.25. The molecule has 0 radical (unpaired) electrons. The molecule has 0 spiro atoms. The van der Waals surface area contributed by atoms with E-state index in [1.54, 1.807) is 12.0 Å². The Hall–Kier alpha value is -2.08. The van der Waals surface area contributed by atoms with Crippen molar-refractivity contribution in [1.29, 1.82) is 0 Å². The number of carbonyl (C=O) groups excluding carboxylic acids is 2. The van der Waals surface area contributed by atoms with E-state index in [0.29, 0.717) is 25.9 Å². The number of carbonyl (C=O) groups is 2. The molecule has 1 aromatic rings. The number of nitrogens with one attached hydrogen (secondary N) is 1. The third-order valence-electron chi connectivity index (χ3n) is 4.85. The Morgan fingerprint density at radius 1 is 1.43 bits per heavy atom. The molecule has 2 aliphatic rings. The number of hydrogen-bond acceptors (Lipinski definition) is 4. The van der Waals surface area contributed by atoms with Crippen molar-refractivity contribution in [2.45, 2.75) is 31.2 Å². The van der Waals surface area contributed by atoms with Gasteiger partial charge in [-0.1, -0.05) is 12.1 Å². The zero-order valence-electron chi connectivity index (χ0n) is 13.4. The van der Waals surface area contributed by atoms with E-state index < -0.39 is 5.54 Å². The van der Waals surface area contributed by atoms with Gasteiger partial charge >= 0.3 is 0 Å². The number of ether oxygens (including phenoxy) is 1. The average Bonchev–Trinajstić information content (AvgIpc) is 3.12. The molecule has 6 heteroatoms. The molecule has 1 aliphatic carbocycles. The summed E-state index contributed by atoms with van der Waals surface area (Å²) in [5.74, 6) is 0.763. The van der Waals surface area contributed by atoms with E-state index in [-0.39, 0.29) is 11.8 Å². The highest BCUT2D eigenvalue weighted by Crippen LogP contribution is 2.39. The second-order valence-corrected chi connectivity index (χ2v) is 6.20. The van der Waals surface area contributed by atoms with Crippen molar-refractivity contribution < 1.29 is 14.3 Å². The maximum Gasteiger partial charge on any atom is 0.244 e. The van der Waals surface area contributed by atoms with Gasteiger partial charge < -0.3 is 20.7 Å². The Balaban J connectivity index is 1.65. The van der Waals surface area contributed by atoms with E-state index in [9.17, 15) is 9.59 Å². The van der Waals surface area contributed by atoms with Crippen LogP contribution in [0.25, 0.3) is 0 Å². The number of nitrogens with two attached hydrogens (primary N) is 1. The fraction of sp³-hybridized carbons (Fsp3) is 0.529. The molecule has 1 aliphatic heterocycles. The molecule has 1 heterocycles. The maximum absolute atomic E-state index is 12.6. The monoisotopic (exact) mass is 317 g/mol. The first kappa shape index (κ1) is 15.8. The molecule has 1 saturated heterocycles. The first-order valence-corrected chi connectivity index (χ1v) is 8.07. The Bertz CT molecular complexity index is 632. The van der Waals surface area contributed by atoms with Gasteiger partial charge in [-0.25, -0.2) is 0 Å². The van der Waals surface area contributed by atoms with Crippen LogP contribution in [0.2, 0.25) is 0 Å². The van der Waals surface area contributed by atoms with Gasteiger partial charge in [0.1, 0.15) is 11.3 Å². The van der Waals surface area contributed by atoms with Gasteiger partial charge in [0.15, 0.2) is 0 Å². The lowest BCUT2D eigenvalue weighted by atomic mass is 9.92. The molecule has 2 amide bonds. The van der Waals surface area contributed by atoms with Crippen molar-refractivity contribution in [2.24, 2.45) is 5.73 Å². The summed E-state index contributed by atoms with van der Waals surface area (Å²) in [7, 11) is 1.62. The lowest BCUT2D eigenvalue weighted by molar-refractivity contribution is -0.129. The Labute approximate surface area is 136 Å². The summed E-state index contributed by atoms with van der Waals surface area (Å²) in [6.07, 6.45) is 2.81. The number of benzene rings is 1. The van der Waals surface area contributed by atoms with E-state index in [1.165, 1.54) is 0 Å². The highest BCUT2D eigenvalue weighted by molar-refractivity contribution is 5.89. The molecule has 1 atom stereocenters. The summed E-state index contributed by atoms with van der Waals surface area (Å²) in [6.45, 7) is 1.76. The van der Waals surface area contributed by atoms with Crippen molar-refractivity contribution in [1.82, 2.24) is 10.2 Å². The molecule has 1 aromatic carbocycles. The number of methoxy groups -OCH3 is 1. The van der Waals surface area contributed by atoms with Crippen LogP contribution in [-0.2, 0) is 21.5 Å². The summed E-state index contributed by atoms with van der Waals surface area (Å²) in [6, 6.07) is 5.65. The predicted octanol–water partition coefficient (Wildman–Crippen LogP) is 0.534. The Morgan fingerprint density at radius 3 is 2.96 bits per heavy atom. The second kappa shape index (κ2) is 6.20. The molecular weight excluding hydrogens is 294 g/mol. The minimum Gasteiger partial charge on any atom is -0.496 e. The van der Waals surface area contributed by atoms with Crippen molar-refractivity contribution >= 4 is 11.8 Å². The number of likely N-dealkylation sites (tertiary alicyclic amines) is 1. The first-order valence-electron chi connectivity index (χ1n) is 8.07. The normalized spacial score (nSPS) is 23.0. The van der Waals surface area contributed by atoms with Crippen LogP contribution in [0.1, 0.15) is 30.4 Å². The van der Waals surface area contributed by atoms with Crippen LogP contribution < -0.4 is 15.8 Å². The van der Waals surface area contributed by atoms with Crippen molar-refractivity contribution in [3.8, 4) is 5.75 Å². The van der Waals surface area contributed by atoms with Crippen molar-refractivity contribution in [3.05, 3.63) is 29.3 Å². The smallest absolute Gasteiger partial charge is 0.244 e. The largest absolute Gasteiger partial charge is 0.496 e. The number of rotatable bonds is 5. The van der Waals surface area contributed by atoms with Gasteiger partial charge in [0.05, 0.1) is 7.11 Å². The fourth-order valence-electron chi connectivity index (χ4n) is 3.53. The predicted molar refractivity (Wildman–Crippen MR) is 86.0 cm³/mol. The van der Waals surface area contributed by atoms with Gasteiger partial charge in [0, 0.05) is 26.1 Å².